The van der Waals surface area contributed by atoms with Crippen molar-refractivity contribution in [1.82, 2.24) is 30.0 Å². The molecular formula is C34H41N9O5. The van der Waals surface area contributed by atoms with Crippen LogP contribution in [0, 0.1) is 5.92 Å². The zero-order valence-electron chi connectivity index (χ0n) is 27.2. The van der Waals surface area contributed by atoms with Gasteiger partial charge in [-0.15, -0.1) is 5.10 Å². The summed E-state index contributed by atoms with van der Waals surface area (Å²) >= 11 is 0. The number of nitrogen functional groups attached to an aromatic ring is 1. The molecule has 0 bridgehead atoms. The summed E-state index contributed by atoms with van der Waals surface area (Å²) in [4.78, 5) is 42.7. The van der Waals surface area contributed by atoms with Crippen molar-refractivity contribution in [2.75, 3.05) is 43.1 Å². The van der Waals surface area contributed by atoms with Crippen molar-refractivity contribution >= 4 is 34.8 Å². The van der Waals surface area contributed by atoms with Crippen LogP contribution in [0.3, 0.4) is 0 Å². The lowest BCUT2D eigenvalue weighted by Gasteiger charge is -2.34. The van der Waals surface area contributed by atoms with Gasteiger partial charge in [0, 0.05) is 42.4 Å². The van der Waals surface area contributed by atoms with Gasteiger partial charge in [0.2, 0.25) is 11.8 Å². The van der Waals surface area contributed by atoms with Gasteiger partial charge < -0.3 is 31.1 Å². The molecule has 0 aliphatic carbocycles. The third kappa shape index (κ3) is 8.72. The number of nitrogens with one attached hydrogen (secondary N) is 2. The molecule has 0 unspecified atom stereocenters. The molecule has 5 rings (SSSR count). The minimum atomic E-state index is -0.381. The van der Waals surface area contributed by atoms with Gasteiger partial charge in [0.25, 0.3) is 5.91 Å². The number of fused-ring (bicyclic) bond motifs is 1. The number of nitrogens with two attached hydrogens (primary N) is 1. The number of benzene rings is 3. The number of para-hydroxylation sites is 2. The summed E-state index contributed by atoms with van der Waals surface area (Å²) in [7, 11) is 1.99. The number of rotatable bonds is 11. The molecule has 3 aromatic carbocycles. The summed E-state index contributed by atoms with van der Waals surface area (Å²) in [5.41, 5.74) is 9.69. The van der Waals surface area contributed by atoms with Crippen LogP contribution >= 0.6 is 0 Å². The summed E-state index contributed by atoms with van der Waals surface area (Å²) in [6.45, 7) is 5.15. The highest BCUT2D eigenvalue weighted by Crippen LogP contribution is 2.29. The Balaban J connectivity index is 1.29. The average molecular weight is 656 g/mol. The van der Waals surface area contributed by atoms with Crippen molar-refractivity contribution in [2.24, 2.45) is 5.92 Å². The number of likely N-dealkylation sites (N-methyl/N-ethyl adjacent to an activating group) is 1. The highest BCUT2D eigenvalue weighted by Gasteiger charge is 2.31. The van der Waals surface area contributed by atoms with Gasteiger partial charge in [0.05, 0.1) is 30.4 Å². The van der Waals surface area contributed by atoms with Gasteiger partial charge in [0.1, 0.15) is 24.7 Å². The largest absolute Gasteiger partial charge is 0.488 e. The Morgan fingerprint density at radius 3 is 2.60 bits per heavy atom. The number of aliphatic hydroxyl groups is 1. The number of carbonyl (C=O) groups excluding carboxylic acids is 3. The van der Waals surface area contributed by atoms with Gasteiger partial charge in [-0.1, -0.05) is 31.2 Å². The Morgan fingerprint density at radius 1 is 1.12 bits per heavy atom. The minimum absolute atomic E-state index is 0.0441. The maximum Gasteiger partial charge on any atom is 0.255 e. The van der Waals surface area contributed by atoms with Crippen LogP contribution in [0.1, 0.15) is 35.3 Å². The lowest BCUT2D eigenvalue weighted by molar-refractivity contribution is -0.134. The first-order valence-electron chi connectivity index (χ1n) is 15.7. The fourth-order valence-electron chi connectivity index (χ4n) is 5.58. The second-order valence-electron chi connectivity index (χ2n) is 12.2. The van der Waals surface area contributed by atoms with Crippen LogP contribution in [0.15, 0.2) is 73.1 Å². The molecule has 0 spiro atoms. The van der Waals surface area contributed by atoms with Crippen LogP contribution in [0.4, 0.5) is 17.1 Å². The first-order chi connectivity index (χ1) is 23.1. The number of carbonyl (C=O) groups is 3. The monoisotopic (exact) mass is 655 g/mol. The third-order valence-corrected chi connectivity index (χ3v) is 8.27. The summed E-state index contributed by atoms with van der Waals surface area (Å²) in [5.74, 6) is -0.233. The quantitative estimate of drug-likeness (QED) is 0.175. The van der Waals surface area contributed by atoms with Crippen LogP contribution < -0.4 is 21.1 Å². The number of amides is 3. The predicted octanol–water partition coefficient (Wildman–Crippen LogP) is 2.43. The van der Waals surface area contributed by atoms with E-state index < -0.39 is 0 Å². The molecule has 5 N–H and O–H groups in total. The van der Waals surface area contributed by atoms with Crippen LogP contribution in [-0.2, 0) is 29.1 Å². The highest BCUT2D eigenvalue weighted by molar-refractivity contribution is 6.05. The van der Waals surface area contributed by atoms with E-state index in [2.05, 4.69) is 31.1 Å². The van der Waals surface area contributed by atoms with E-state index >= 15 is 0 Å². The maximum absolute atomic E-state index is 13.5. The van der Waals surface area contributed by atoms with E-state index in [1.54, 1.807) is 47.4 Å². The van der Waals surface area contributed by atoms with Gasteiger partial charge in [-0.25, -0.2) is 4.68 Å². The Morgan fingerprint density at radius 2 is 1.90 bits per heavy atom. The van der Waals surface area contributed by atoms with E-state index in [0.717, 1.165) is 5.56 Å². The molecule has 4 aromatic rings. The minimum Gasteiger partial charge on any atom is -0.488 e. The lowest BCUT2D eigenvalue weighted by Crippen LogP contribution is -2.47. The van der Waals surface area contributed by atoms with E-state index in [9.17, 15) is 19.5 Å². The van der Waals surface area contributed by atoms with Crippen molar-refractivity contribution in [1.29, 1.82) is 0 Å². The Kier molecular flexibility index (Phi) is 11.0. The molecule has 0 fully saturated rings. The van der Waals surface area contributed by atoms with Crippen LogP contribution in [0.5, 0.6) is 5.75 Å². The lowest BCUT2D eigenvalue weighted by atomic mass is 10.0. The van der Waals surface area contributed by atoms with Gasteiger partial charge in [0.15, 0.2) is 0 Å². The summed E-state index contributed by atoms with van der Waals surface area (Å²) < 4.78 is 7.93. The van der Waals surface area contributed by atoms with E-state index in [-0.39, 0.29) is 55.4 Å². The van der Waals surface area contributed by atoms with Crippen molar-refractivity contribution in [3.05, 3.63) is 89.7 Å². The second kappa shape index (κ2) is 15.5. The van der Waals surface area contributed by atoms with Crippen molar-refractivity contribution < 1.29 is 24.2 Å². The smallest absolute Gasteiger partial charge is 0.255 e. The fourth-order valence-corrected chi connectivity index (χ4v) is 5.58. The SMILES string of the molecule is C[C@@H]1CN([C@@H](C)CO)C(=O)Cc2cc(NC(=O)Cn3cnnn3)ccc2O[C@H]1CN(C)Cc1ccc(C(=O)Nc2ccccc2N)cc1. The molecule has 3 atom stereocenters. The second-order valence-corrected chi connectivity index (χ2v) is 12.2. The van der Waals surface area contributed by atoms with Crippen LogP contribution in [-0.4, -0.2) is 91.7 Å². The molecule has 0 saturated heterocycles. The van der Waals surface area contributed by atoms with Gasteiger partial charge >= 0.3 is 0 Å². The molecule has 1 aromatic heterocycles. The van der Waals surface area contributed by atoms with E-state index in [1.165, 1.54) is 11.0 Å². The molecule has 48 heavy (non-hydrogen) atoms. The normalized spacial score (nSPS) is 17.0. The van der Waals surface area contributed by atoms with Gasteiger partial charge in [-0.2, -0.15) is 0 Å². The fraction of sp³-hybridized carbons (Fsp3) is 0.353. The molecule has 14 nitrogen and oxygen atoms in total. The first kappa shape index (κ1) is 34.0. The van der Waals surface area contributed by atoms with Gasteiger partial charge in [-0.3, -0.25) is 19.3 Å². The van der Waals surface area contributed by atoms with Crippen LogP contribution in [0.2, 0.25) is 0 Å². The van der Waals surface area contributed by atoms with E-state index in [0.29, 0.717) is 53.6 Å². The third-order valence-electron chi connectivity index (χ3n) is 8.27. The molecule has 0 saturated carbocycles. The molecule has 252 valence electrons. The number of tetrazole rings is 1. The number of aliphatic hydroxyl groups excluding tert-OH is 1. The number of hydrogen-bond acceptors (Lipinski definition) is 10. The standard InChI is InChI=1S/C34H41N9O5/c1-22-16-43(23(2)20-44)33(46)15-26-14-27(37-32(45)19-42-21-36-39-40-42)12-13-30(26)48-31(22)18-41(3)17-24-8-10-25(11-9-24)34(47)38-29-7-5-4-6-28(29)35/h4-14,21-23,31,44H,15-20,35H2,1-3H3,(H,37,45)(H,38,47)/t22-,23+,31+/m1/s1. The number of hydrogen-bond donors (Lipinski definition) is 4. The van der Waals surface area contributed by atoms with Crippen molar-refractivity contribution in [3.8, 4) is 5.75 Å². The molecule has 1 aliphatic rings. The molecule has 2 heterocycles. The molecule has 0 radical (unpaired) electrons. The molecule has 3 amide bonds. The Hall–Kier alpha value is -5.34. The van der Waals surface area contributed by atoms with Crippen LogP contribution in [0.25, 0.3) is 0 Å². The van der Waals surface area contributed by atoms with E-state index in [4.69, 9.17) is 10.5 Å². The number of nitrogens with zero attached hydrogens (tertiary/aromatic N) is 6. The molecular weight excluding hydrogens is 614 g/mol. The Labute approximate surface area is 278 Å². The average Bonchev–Trinajstić information content (AvgIpc) is 3.58. The number of ether oxygens (including phenoxy) is 1. The van der Waals surface area contributed by atoms with Crippen molar-refractivity contribution in [2.45, 2.75) is 45.5 Å². The maximum atomic E-state index is 13.5. The summed E-state index contributed by atoms with van der Waals surface area (Å²) in [6.07, 6.45) is 1.08. The molecule has 1 aliphatic heterocycles. The highest BCUT2D eigenvalue weighted by atomic mass is 16.5. The zero-order valence-corrected chi connectivity index (χ0v) is 27.2. The Bertz CT molecular complexity index is 1710. The van der Waals surface area contributed by atoms with E-state index in [1.807, 2.05) is 45.2 Å². The predicted molar refractivity (Wildman–Crippen MR) is 180 cm³/mol. The number of aromatic nitrogens is 4. The zero-order chi connectivity index (χ0) is 34.2. The first-order valence-corrected chi connectivity index (χ1v) is 15.7. The molecule has 14 heteroatoms. The summed E-state index contributed by atoms with van der Waals surface area (Å²) in [5, 5.41) is 26.4. The van der Waals surface area contributed by atoms with Gasteiger partial charge in [-0.05, 0) is 72.4 Å². The summed E-state index contributed by atoms with van der Waals surface area (Å²) in [6, 6.07) is 19.4. The topological polar surface area (TPSA) is 181 Å². The van der Waals surface area contributed by atoms with Crippen molar-refractivity contribution in [3.63, 3.8) is 0 Å². The number of anilines is 3.